The Kier molecular flexibility index (Phi) is 3.36. The minimum absolute atomic E-state index is 0.00743. The molecular formula is C7H14NO2. The second-order valence-corrected chi connectivity index (χ2v) is 3.14. The van der Waals surface area contributed by atoms with Crippen LogP contribution >= 0.6 is 0 Å². The summed E-state index contributed by atoms with van der Waals surface area (Å²) >= 11 is 0. The van der Waals surface area contributed by atoms with E-state index < -0.39 is 0 Å². The van der Waals surface area contributed by atoms with Crippen LogP contribution in [0, 0.1) is 0 Å². The van der Waals surface area contributed by atoms with Gasteiger partial charge in [-0.25, -0.2) is 0 Å². The van der Waals surface area contributed by atoms with Gasteiger partial charge in [0.05, 0.1) is 6.61 Å². The van der Waals surface area contributed by atoms with E-state index in [0.29, 0.717) is 6.54 Å². The smallest absolute Gasteiger partial charge is 0.312 e. The zero-order valence-corrected chi connectivity index (χ0v) is 6.72. The summed E-state index contributed by atoms with van der Waals surface area (Å²) in [5.74, 6) is 0. The van der Waals surface area contributed by atoms with E-state index in [-0.39, 0.29) is 12.1 Å². The molecule has 0 unspecified atom stereocenters. The van der Waals surface area contributed by atoms with E-state index >= 15 is 0 Å². The molecule has 0 heterocycles. The van der Waals surface area contributed by atoms with E-state index in [0.717, 1.165) is 0 Å². The third-order valence-electron chi connectivity index (χ3n) is 1.24. The number of hydrogen-bond donors (Lipinski definition) is 1. The van der Waals surface area contributed by atoms with Gasteiger partial charge in [-0.1, -0.05) is 0 Å². The van der Waals surface area contributed by atoms with Crippen LogP contribution in [0.2, 0.25) is 0 Å². The van der Waals surface area contributed by atoms with Crippen molar-refractivity contribution in [2.75, 3.05) is 13.2 Å². The van der Waals surface area contributed by atoms with Crippen LogP contribution in [-0.4, -0.2) is 35.1 Å². The number of rotatable bonds is 3. The van der Waals surface area contributed by atoms with Gasteiger partial charge in [-0.3, -0.25) is 4.79 Å². The first-order valence-corrected chi connectivity index (χ1v) is 3.28. The summed E-state index contributed by atoms with van der Waals surface area (Å²) in [7, 11) is 0. The molecule has 0 saturated carbocycles. The number of aliphatic hydroxyl groups is 1. The van der Waals surface area contributed by atoms with E-state index in [1.807, 2.05) is 20.8 Å². The van der Waals surface area contributed by atoms with Crippen LogP contribution < -0.4 is 0 Å². The van der Waals surface area contributed by atoms with Crippen molar-refractivity contribution >= 4 is 6.41 Å². The molecule has 3 nitrogen and oxygen atoms in total. The van der Waals surface area contributed by atoms with Gasteiger partial charge in [0.25, 0.3) is 0 Å². The normalized spacial score (nSPS) is 11.2. The van der Waals surface area contributed by atoms with Gasteiger partial charge in [-0.05, 0) is 20.8 Å². The highest BCUT2D eigenvalue weighted by Crippen LogP contribution is 2.08. The van der Waals surface area contributed by atoms with Crippen molar-refractivity contribution in [3.8, 4) is 0 Å². The van der Waals surface area contributed by atoms with Gasteiger partial charge in [0.15, 0.2) is 0 Å². The molecule has 0 bridgehead atoms. The minimum atomic E-state index is -0.232. The van der Waals surface area contributed by atoms with Crippen LogP contribution in [0.5, 0.6) is 0 Å². The molecule has 1 amide bonds. The van der Waals surface area contributed by atoms with E-state index in [9.17, 15) is 4.79 Å². The summed E-state index contributed by atoms with van der Waals surface area (Å²) in [6.45, 7) is 6.04. The Morgan fingerprint density at radius 3 is 2.10 bits per heavy atom. The lowest BCUT2D eigenvalue weighted by Gasteiger charge is -2.30. The number of hydrogen-bond acceptors (Lipinski definition) is 2. The summed E-state index contributed by atoms with van der Waals surface area (Å²) < 4.78 is 0. The van der Waals surface area contributed by atoms with Gasteiger partial charge in [-0.15, -0.1) is 0 Å². The Morgan fingerprint density at radius 2 is 2.00 bits per heavy atom. The van der Waals surface area contributed by atoms with Crippen LogP contribution in [0.3, 0.4) is 0 Å². The average Bonchev–Trinajstić information content (AvgIpc) is 1.80. The molecule has 1 radical (unpaired) electrons. The molecule has 0 aromatic heterocycles. The van der Waals surface area contributed by atoms with Crippen molar-refractivity contribution in [1.29, 1.82) is 0 Å². The maximum absolute atomic E-state index is 10.2. The highest BCUT2D eigenvalue weighted by molar-refractivity contribution is 5.49. The maximum Gasteiger partial charge on any atom is 0.312 e. The Hall–Kier alpha value is -0.570. The molecule has 0 aliphatic rings. The fraction of sp³-hybridized carbons (Fsp3) is 0.857. The predicted octanol–water partition coefficient (Wildman–Crippen LogP) is 0.146. The van der Waals surface area contributed by atoms with Crippen molar-refractivity contribution in [3.63, 3.8) is 0 Å². The lowest BCUT2D eigenvalue weighted by molar-refractivity contribution is 0.175. The maximum atomic E-state index is 10.2. The van der Waals surface area contributed by atoms with Gasteiger partial charge in [0.1, 0.15) is 0 Å². The third kappa shape index (κ3) is 2.82. The van der Waals surface area contributed by atoms with Crippen molar-refractivity contribution in [2.24, 2.45) is 0 Å². The molecule has 0 aromatic rings. The topological polar surface area (TPSA) is 40.5 Å². The molecule has 3 heteroatoms. The summed E-state index contributed by atoms with van der Waals surface area (Å²) in [5, 5.41) is 8.51. The fourth-order valence-corrected chi connectivity index (χ4v) is 0.618. The van der Waals surface area contributed by atoms with Gasteiger partial charge in [-0.2, -0.15) is 0 Å². The zero-order valence-electron chi connectivity index (χ0n) is 6.72. The average molecular weight is 144 g/mol. The molecule has 0 spiro atoms. The highest BCUT2D eigenvalue weighted by Gasteiger charge is 2.18. The molecule has 0 atom stereocenters. The van der Waals surface area contributed by atoms with E-state index in [1.165, 1.54) is 4.90 Å². The number of aliphatic hydroxyl groups excluding tert-OH is 1. The van der Waals surface area contributed by atoms with Gasteiger partial charge < -0.3 is 10.0 Å². The van der Waals surface area contributed by atoms with Gasteiger partial charge >= 0.3 is 6.41 Å². The Labute approximate surface area is 61.6 Å². The molecule has 0 saturated heterocycles. The summed E-state index contributed by atoms with van der Waals surface area (Å²) in [4.78, 5) is 11.7. The van der Waals surface area contributed by atoms with E-state index in [1.54, 1.807) is 6.41 Å². The van der Waals surface area contributed by atoms with Crippen molar-refractivity contribution < 1.29 is 9.90 Å². The molecule has 0 aliphatic carbocycles. The van der Waals surface area contributed by atoms with Crippen molar-refractivity contribution in [2.45, 2.75) is 26.3 Å². The van der Waals surface area contributed by atoms with Crippen molar-refractivity contribution in [3.05, 3.63) is 0 Å². The minimum Gasteiger partial charge on any atom is -0.395 e. The highest BCUT2D eigenvalue weighted by atomic mass is 16.3. The summed E-state index contributed by atoms with van der Waals surface area (Å²) in [5.41, 5.74) is -0.232. The van der Waals surface area contributed by atoms with Crippen LogP contribution in [0.4, 0.5) is 0 Å². The second kappa shape index (κ2) is 3.56. The lowest BCUT2D eigenvalue weighted by atomic mass is 10.1. The molecule has 0 fully saturated rings. The summed E-state index contributed by atoms with van der Waals surface area (Å²) in [6, 6.07) is 0. The number of amides is 1. The monoisotopic (exact) mass is 144 g/mol. The first kappa shape index (κ1) is 9.43. The van der Waals surface area contributed by atoms with Gasteiger partial charge in [0.2, 0.25) is 0 Å². The zero-order chi connectivity index (χ0) is 8.20. The number of β-amino-alcohol motifs (C(OH)–C–C–N with tert-alkyl or cyclic N) is 1. The Morgan fingerprint density at radius 1 is 1.50 bits per heavy atom. The predicted molar refractivity (Wildman–Crippen MR) is 39.2 cm³/mol. The molecule has 0 aromatic carbocycles. The molecule has 59 valence electrons. The molecule has 10 heavy (non-hydrogen) atoms. The molecular weight excluding hydrogens is 130 g/mol. The van der Waals surface area contributed by atoms with Crippen LogP contribution in [0.1, 0.15) is 20.8 Å². The molecule has 0 rings (SSSR count). The summed E-state index contributed by atoms with van der Waals surface area (Å²) in [6.07, 6.45) is 1.77. The van der Waals surface area contributed by atoms with Crippen LogP contribution in [-0.2, 0) is 4.79 Å². The fourth-order valence-electron chi connectivity index (χ4n) is 0.618. The molecule has 0 aliphatic heterocycles. The van der Waals surface area contributed by atoms with Gasteiger partial charge in [0, 0.05) is 12.1 Å². The Bertz CT molecular complexity index is 107. The standard InChI is InChI=1S/C7H14NO2/c1-7(2,3)8(6-10)4-5-9/h9H,4-5H2,1-3H3. The first-order chi connectivity index (χ1) is 4.52. The van der Waals surface area contributed by atoms with E-state index in [4.69, 9.17) is 5.11 Å². The lowest BCUT2D eigenvalue weighted by Crippen LogP contribution is -2.41. The second-order valence-electron chi connectivity index (χ2n) is 3.14. The van der Waals surface area contributed by atoms with Crippen molar-refractivity contribution in [1.82, 2.24) is 4.90 Å². The Balaban J connectivity index is 3.93. The van der Waals surface area contributed by atoms with E-state index in [2.05, 4.69) is 0 Å². The quantitative estimate of drug-likeness (QED) is 0.573. The third-order valence-corrected chi connectivity index (χ3v) is 1.24. The first-order valence-electron chi connectivity index (χ1n) is 3.28. The number of carbonyl (C=O) groups excluding carboxylic acids is 1. The van der Waals surface area contributed by atoms with Crippen LogP contribution in [0.15, 0.2) is 0 Å². The number of nitrogens with zero attached hydrogens (tertiary/aromatic N) is 1. The van der Waals surface area contributed by atoms with Crippen LogP contribution in [0.25, 0.3) is 0 Å². The molecule has 1 N–H and O–H groups in total. The largest absolute Gasteiger partial charge is 0.395 e. The SMILES string of the molecule is CC(C)(C)N([C]=O)CCO.